The second-order valence-electron chi connectivity index (χ2n) is 7.33. The first-order valence-electron chi connectivity index (χ1n) is 9.15. The number of benzene rings is 2. The van der Waals surface area contributed by atoms with Crippen molar-refractivity contribution in [3.63, 3.8) is 0 Å². The Balaban J connectivity index is 1.55. The van der Waals surface area contributed by atoms with Crippen molar-refractivity contribution in [2.24, 2.45) is 11.5 Å². The van der Waals surface area contributed by atoms with Crippen molar-refractivity contribution >= 4 is 28.2 Å². The molecule has 29 heavy (non-hydrogen) atoms. The first-order valence-corrected chi connectivity index (χ1v) is 9.15. The molecule has 2 aromatic carbocycles. The molecular formula is C20H21FN6O2. The van der Waals surface area contributed by atoms with Crippen molar-refractivity contribution in [2.75, 3.05) is 29.9 Å². The number of hydrogen-bond acceptors (Lipinski definition) is 7. The number of nitrogens with one attached hydrogen (secondary N) is 1. The number of phenolic OH excluding ortho intramolecular Hbond substituents is 1. The summed E-state index contributed by atoms with van der Waals surface area (Å²) in [5.41, 5.74) is 13.6. The molecule has 1 aromatic heterocycles. The number of halogens is 1. The van der Waals surface area contributed by atoms with E-state index in [1.807, 2.05) is 6.07 Å². The second kappa shape index (κ2) is 7.17. The molecule has 0 bridgehead atoms. The van der Waals surface area contributed by atoms with E-state index in [1.54, 1.807) is 12.3 Å². The minimum absolute atomic E-state index is 0.159. The highest BCUT2D eigenvalue weighted by atomic mass is 19.1. The summed E-state index contributed by atoms with van der Waals surface area (Å²) < 4.78 is 13.2. The predicted molar refractivity (Wildman–Crippen MR) is 108 cm³/mol. The molecule has 1 unspecified atom stereocenters. The first-order chi connectivity index (χ1) is 13.9. The van der Waals surface area contributed by atoms with Gasteiger partial charge < -0.3 is 26.8 Å². The second-order valence-corrected chi connectivity index (χ2v) is 7.33. The Kier molecular flexibility index (Phi) is 4.67. The van der Waals surface area contributed by atoms with Gasteiger partial charge in [-0.3, -0.25) is 4.79 Å². The van der Waals surface area contributed by atoms with Crippen LogP contribution in [0.3, 0.4) is 0 Å². The lowest BCUT2D eigenvalue weighted by atomic mass is 10.00. The van der Waals surface area contributed by atoms with Crippen LogP contribution in [0, 0.1) is 5.82 Å². The number of amides is 1. The number of hydrogen-bond donors (Lipinski definition) is 4. The number of nitrogens with zero attached hydrogens (tertiary/aromatic N) is 3. The van der Waals surface area contributed by atoms with Gasteiger partial charge in [-0.05, 0) is 30.7 Å². The third-order valence-corrected chi connectivity index (χ3v) is 5.23. The van der Waals surface area contributed by atoms with Crippen LogP contribution in [0.5, 0.6) is 5.75 Å². The average Bonchev–Trinajstić information content (AvgIpc) is 3.08. The molecule has 6 N–H and O–H groups in total. The summed E-state index contributed by atoms with van der Waals surface area (Å²) in [5, 5.41) is 13.7. The van der Waals surface area contributed by atoms with Gasteiger partial charge in [0.05, 0.1) is 22.3 Å². The molecule has 0 saturated carbocycles. The Hall–Kier alpha value is -3.46. The summed E-state index contributed by atoms with van der Waals surface area (Å²) in [6.07, 6.45) is 3.75. The Morgan fingerprint density at radius 3 is 2.93 bits per heavy atom. The molecule has 0 aliphatic carbocycles. The van der Waals surface area contributed by atoms with Crippen molar-refractivity contribution in [1.82, 2.24) is 9.97 Å². The summed E-state index contributed by atoms with van der Waals surface area (Å²) in [4.78, 5) is 22.1. The van der Waals surface area contributed by atoms with Crippen molar-refractivity contribution in [2.45, 2.75) is 12.0 Å². The van der Waals surface area contributed by atoms with Gasteiger partial charge in [0, 0.05) is 43.0 Å². The maximum absolute atomic E-state index is 13.2. The highest BCUT2D eigenvalue weighted by Crippen LogP contribution is 2.33. The topological polar surface area (TPSA) is 130 Å². The van der Waals surface area contributed by atoms with Crippen molar-refractivity contribution < 1.29 is 14.3 Å². The largest absolute Gasteiger partial charge is 0.506 e. The van der Waals surface area contributed by atoms with Crippen molar-refractivity contribution in [1.29, 1.82) is 0 Å². The zero-order chi connectivity index (χ0) is 20.6. The smallest absolute Gasteiger partial charge is 0.250 e. The molecule has 150 valence electrons. The number of fused-ring (bicyclic) bond motifs is 1. The molecule has 4 rings (SSSR count). The third-order valence-electron chi connectivity index (χ3n) is 5.23. The van der Waals surface area contributed by atoms with Crippen LogP contribution in [0.1, 0.15) is 16.8 Å². The zero-order valence-corrected chi connectivity index (χ0v) is 15.6. The van der Waals surface area contributed by atoms with Crippen LogP contribution in [-0.2, 0) is 0 Å². The normalized spacial score (nSPS) is 18.9. The van der Waals surface area contributed by atoms with Crippen LogP contribution in [0.15, 0.2) is 42.9 Å². The molecule has 1 fully saturated rings. The molecule has 1 saturated heterocycles. The first kappa shape index (κ1) is 18.9. The van der Waals surface area contributed by atoms with E-state index in [1.165, 1.54) is 18.5 Å². The van der Waals surface area contributed by atoms with Gasteiger partial charge in [-0.2, -0.15) is 0 Å². The van der Waals surface area contributed by atoms with Gasteiger partial charge in [0.2, 0.25) is 0 Å². The summed E-state index contributed by atoms with van der Waals surface area (Å²) in [6, 6.07) is 7.31. The summed E-state index contributed by atoms with van der Waals surface area (Å²) in [6.45, 7) is 1.64. The van der Waals surface area contributed by atoms with Gasteiger partial charge in [-0.25, -0.2) is 14.4 Å². The average molecular weight is 396 g/mol. The monoisotopic (exact) mass is 396 g/mol. The van der Waals surface area contributed by atoms with Crippen LogP contribution in [0.25, 0.3) is 10.9 Å². The van der Waals surface area contributed by atoms with Gasteiger partial charge >= 0.3 is 0 Å². The molecule has 1 amide bonds. The van der Waals surface area contributed by atoms with Gasteiger partial charge in [-0.1, -0.05) is 0 Å². The predicted octanol–water partition coefficient (Wildman–Crippen LogP) is 1.59. The van der Waals surface area contributed by atoms with Gasteiger partial charge in [-0.15, -0.1) is 0 Å². The lowest BCUT2D eigenvalue weighted by molar-refractivity contribution is 0.100. The highest BCUT2D eigenvalue weighted by Gasteiger charge is 2.35. The van der Waals surface area contributed by atoms with Crippen LogP contribution >= 0.6 is 0 Å². The number of rotatable bonds is 5. The van der Waals surface area contributed by atoms with E-state index in [0.717, 1.165) is 17.1 Å². The lowest BCUT2D eigenvalue weighted by Crippen LogP contribution is -2.48. The highest BCUT2D eigenvalue weighted by molar-refractivity contribution is 6.08. The number of aromatic hydroxyl groups is 1. The molecule has 1 atom stereocenters. The van der Waals surface area contributed by atoms with Crippen molar-refractivity contribution in [3.8, 4) is 5.75 Å². The number of carbonyl (C=O) groups is 1. The minimum Gasteiger partial charge on any atom is -0.506 e. The Bertz CT molecular complexity index is 1090. The molecule has 8 nitrogen and oxygen atoms in total. The Morgan fingerprint density at radius 1 is 1.34 bits per heavy atom. The Labute approximate surface area is 166 Å². The Morgan fingerprint density at radius 2 is 2.17 bits per heavy atom. The zero-order valence-electron chi connectivity index (χ0n) is 15.6. The van der Waals surface area contributed by atoms with E-state index in [9.17, 15) is 14.3 Å². The quantitative estimate of drug-likeness (QED) is 0.482. The standard InChI is InChI=1S/C20H21FN6O2/c21-12-1-3-15(17(28)7-12)25-9-20(23)5-6-27(10-20)16-4-2-13(19(22)29)18-14(16)8-24-11-26-18/h1-4,7-8,11,25,28H,5-6,9-10,23H2,(H2,22,29). The van der Waals surface area contributed by atoms with Gasteiger partial charge in [0.15, 0.2) is 0 Å². The number of aromatic nitrogens is 2. The molecule has 1 aliphatic heterocycles. The third kappa shape index (κ3) is 3.64. The minimum atomic E-state index is -0.564. The van der Waals surface area contributed by atoms with Crippen molar-refractivity contribution in [3.05, 3.63) is 54.2 Å². The number of primary amides is 1. The fourth-order valence-corrected chi connectivity index (χ4v) is 3.71. The fourth-order valence-electron chi connectivity index (χ4n) is 3.71. The molecule has 0 radical (unpaired) electrons. The fraction of sp³-hybridized carbons (Fsp3) is 0.250. The van der Waals surface area contributed by atoms with E-state index in [2.05, 4.69) is 20.2 Å². The van der Waals surface area contributed by atoms with Gasteiger partial charge in [0.25, 0.3) is 5.91 Å². The van der Waals surface area contributed by atoms with E-state index < -0.39 is 17.3 Å². The van der Waals surface area contributed by atoms with E-state index >= 15 is 0 Å². The number of anilines is 2. The number of nitrogens with two attached hydrogens (primary N) is 2. The van der Waals surface area contributed by atoms with E-state index in [-0.39, 0.29) is 5.75 Å². The molecule has 2 heterocycles. The lowest BCUT2D eigenvalue weighted by Gasteiger charge is -2.27. The summed E-state index contributed by atoms with van der Waals surface area (Å²) in [7, 11) is 0. The summed E-state index contributed by atoms with van der Waals surface area (Å²) >= 11 is 0. The molecule has 1 aliphatic rings. The van der Waals surface area contributed by atoms with E-state index in [4.69, 9.17) is 11.5 Å². The molecule has 9 heteroatoms. The molecule has 3 aromatic rings. The van der Waals surface area contributed by atoms with Crippen LogP contribution < -0.4 is 21.7 Å². The van der Waals surface area contributed by atoms with Crippen LogP contribution in [0.2, 0.25) is 0 Å². The number of phenols is 1. The van der Waals surface area contributed by atoms with Crippen LogP contribution in [0.4, 0.5) is 15.8 Å². The summed E-state index contributed by atoms with van der Waals surface area (Å²) in [5.74, 6) is -1.21. The molecule has 0 spiro atoms. The van der Waals surface area contributed by atoms with Gasteiger partial charge in [0.1, 0.15) is 17.9 Å². The maximum atomic E-state index is 13.2. The van der Waals surface area contributed by atoms with E-state index in [0.29, 0.717) is 42.8 Å². The molecular weight excluding hydrogens is 375 g/mol. The maximum Gasteiger partial charge on any atom is 0.250 e. The number of carbonyl (C=O) groups excluding carboxylic acids is 1. The SMILES string of the molecule is NC(=O)c1ccc(N2CCC(N)(CNc3ccc(F)cc3O)C2)c2cncnc12. The van der Waals surface area contributed by atoms with Crippen LogP contribution in [-0.4, -0.2) is 46.2 Å².